The smallest absolute Gasteiger partial charge is 0.345 e. The zero-order valence-electron chi connectivity index (χ0n) is 20.4. The second kappa shape index (κ2) is 12.6. The molecular formula is C29H20Cl3N3O4. The molecule has 2 N–H and O–H groups in total. The summed E-state index contributed by atoms with van der Waals surface area (Å²) in [6.07, 6.45) is 1.30. The molecular weight excluding hydrogens is 561 g/mol. The standard InChI is InChI=1S/C29H20Cl3N3O4/c1-17-2-4-18(5-3-17)27(36)34-23-10-6-19(7-11-23)28(37)35-33-16-20-14-21(30)9-13-26(20)39-29(38)24-12-8-22(31)15-25(24)32/h2-16H,1H3,(H,34,36)(H,35,37)/b33-16+. The summed E-state index contributed by atoms with van der Waals surface area (Å²) >= 11 is 18.1. The van der Waals surface area contributed by atoms with Gasteiger partial charge in [-0.05, 0) is 79.7 Å². The van der Waals surface area contributed by atoms with Gasteiger partial charge in [0.1, 0.15) is 5.75 Å². The van der Waals surface area contributed by atoms with Crippen LogP contribution in [0.3, 0.4) is 0 Å². The topological polar surface area (TPSA) is 96.9 Å². The Bertz CT molecular complexity index is 1570. The quantitative estimate of drug-likeness (QED) is 0.105. The SMILES string of the molecule is Cc1ccc(C(=O)Nc2ccc(C(=O)N/N=C/c3cc(Cl)ccc3OC(=O)c3ccc(Cl)cc3Cl)cc2)cc1. The Morgan fingerprint density at radius 2 is 1.38 bits per heavy atom. The highest BCUT2D eigenvalue weighted by molar-refractivity contribution is 6.36. The van der Waals surface area contributed by atoms with Gasteiger partial charge in [-0.3, -0.25) is 9.59 Å². The molecule has 0 aromatic heterocycles. The fraction of sp³-hybridized carbons (Fsp3) is 0.0345. The predicted molar refractivity (Wildman–Crippen MR) is 154 cm³/mol. The molecule has 0 bridgehead atoms. The van der Waals surface area contributed by atoms with E-state index in [2.05, 4.69) is 15.8 Å². The lowest BCUT2D eigenvalue weighted by molar-refractivity contribution is 0.0734. The maximum absolute atomic E-state index is 12.6. The molecule has 2 amide bonds. The zero-order valence-corrected chi connectivity index (χ0v) is 22.6. The van der Waals surface area contributed by atoms with Crippen LogP contribution >= 0.6 is 34.8 Å². The van der Waals surface area contributed by atoms with Crippen molar-refractivity contribution in [2.75, 3.05) is 5.32 Å². The van der Waals surface area contributed by atoms with Crippen molar-refractivity contribution < 1.29 is 19.1 Å². The predicted octanol–water partition coefficient (Wildman–Crippen LogP) is 7.19. The number of carbonyl (C=O) groups excluding carboxylic acids is 3. The van der Waals surface area contributed by atoms with Gasteiger partial charge in [-0.15, -0.1) is 0 Å². The summed E-state index contributed by atoms with van der Waals surface area (Å²) < 4.78 is 5.47. The molecule has 0 aliphatic carbocycles. The second-order valence-corrected chi connectivity index (χ2v) is 9.57. The van der Waals surface area contributed by atoms with Crippen LogP contribution in [-0.2, 0) is 0 Å². The summed E-state index contributed by atoms with van der Waals surface area (Å²) in [6.45, 7) is 1.94. The van der Waals surface area contributed by atoms with Gasteiger partial charge in [-0.1, -0.05) is 52.5 Å². The number of halogens is 3. The van der Waals surface area contributed by atoms with Crippen molar-refractivity contribution in [3.63, 3.8) is 0 Å². The summed E-state index contributed by atoms with van der Waals surface area (Å²) in [4.78, 5) is 37.6. The molecule has 4 aromatic carbocycles. The van der Waals surface area contributed by atoms with Gasteiger partial charge in [0.15, 0.2) is 0 Å². The lowest BCUT2D eigenvalue weighted by Gasteiger charge is -2.09. The fourth-order valence-electron chi connectivity index (χ4n) is 3.36. The first-order chi connectivity index (χ1) is 18.7. The van der Waals surface area contributed by atoms with E-state index in [9.17, 15) is 14.4 Å². The Balaban J connectivity index is 1.39. The van der Waals surface area contributed by atoms with Crippen molar-refractivity contribution >= 4 is 64.5 Å². The summed E-state index contributed by atoms with van der Waals surface area (Å²) in [6, 6.07) is 22.5. The van der Waals surface area contributed by atoms with Gasteiger partial charge in [0.05, 0.1) is 16.8 Å². The molecule has 0 radical (unpaired) electrons. The minimum Gasteiger partial charge on any atom is -0.422 e. The molecule has 0 heterocycles. The Hall–Kier alpha value is -4.17. The summed E-state index contributed by atoms with van der Waals surface area (Å²) in [5.74, 6) is -1.29. The third-order valence-corrected chi connectivity index (χ3v) is 6.20. The first-order valence-corrected chi connectivity index (χ1v) is 12.6. The van der Waals surface area contributed by atoms with Crippen LogP contribution in [-0.4, -0.2) is 24.0 Å². The van der Waals surface area contributed by atoms with Gasteiger partial charge in [-0.2, -0.15) is 5.10 Å². The first kappa shape index (κ1) is 27.9. The van der Waals surface area contributed by atoms with Gasteiger partial charge < -0.3 is 10.1 Å². The molecule has 10 heteroatoms. The molecule has 0 fully saturated rings. The summed E-state index contributed by atoms with van der Waals surface area (Å²) in [5, 5.41) is 7.64. The molecule has 4 aromatic rings. The second-order valence-electron chi connectivity index (χ2n) is 8.29. The molecule has 196 valence electrons. The molecule has 0 aliphatic rings. The number of anilines is 1. The van der Waals surface area contributed by atoms with Crippen molar-refractivity contribution in [1.82, 2.24) is 5.43 Å². The average Bonchev–Trinajstić information content (AvgIpc) is 2.90. The van der Waals surface area contributed by atoms with Crippen molar-refractivity contribution in [3.05, 3.63) is 128 Å². The van der Waals surface area contributed by atoms with Crippen molar-refractivity contribution in [3.8, 4) is 5.75 Å². The largest absolute Gasteiger partial charge is 0.422 e. The van der Waals surface area contributed by atoms with E-state index in [0.29, 0.717) is 32.4 Å². The molecule has 0 unspecified atom stereocenters. The lowest BCUT2D eigenvalue weighted by atomic mass is 10.1. The van der Waals surface area contributed by atoms with Crippen molar-refractivity contribution in [1.29, 1.82) is 0 Å². The number of rotatable bonds is 7. The number of hydrogen-bond acceptors (Lipinski definition) is 5. The van der Waals surface area contributed by atoms with E-state index >= 15 is 0 Å². The number of amides is 2. The number of carbonyl (C=O) groups is 3. The third kappa shape index (κ3) is 7.45. The fourth-order valence-corrected chi connectivity index (χ4v) is 4.03. The molecule has 4 rings (SSSR count). The van der Waals surface area contributed by atoms with Crippen LogP contribution < -0.4 is 15.5 Å². The number of nitrogens with zero attached hydrogens (tertiary/aromatic N) is 1. The number of hydrogen-bond donors (Lipinski definition) is 2. The number of aryl methyl sites for hydroxylation is 1. The number of ether oxygens (including phenoxy) is 1. The number of hydrazone groups is 1. The maximum Gasteiger partial charge on any atom is 0.345 e. The highest BCUT2D eigenvalue weighted by Crippen LogP contribution is 2.26. The third-order valence-electron chi connectivity index (χ3n) is 5.41. The van der Waals surface area contributed by atoms with Crippen molar-refractivity contribution in [2.24, 2.45) is 5.10 Å². The van der Waals surface area contributed by atoms with Gasteiger partial charge in [0.25, 0.3) is 11.8 Å². The maximum atomic E-state index is 12.6. The van der Waals surface area contributed by atoms with Crippen LogP contribution in [0.5, 0.6) is 5.75 Å². The molecule has 0 spiro atoms. The van der Waals surface area contributed by atoms with E-state index in [0.717, 1.165) is 5.56 Å². The van der Waals surface area contributed by atoms with Gasteiger partial charge in [0.2, 0.25) is 0 Å². The molecule has 0 aliphatic heterocycles. The molecule has 0 saturated carbocycles. The Morgan fingerprint density at radius 1 is 0.769 bits per heavy atom. The molecule has 0 atom stereocenters. The molecule has 7 nitrogen and oxygen atoms in total. The number of benzene rings is 4. The normalized spacial score (nSPS) is 10.8. The van der Waals surface area contributed by atoms with Crippen molar-refractivity contribution in [2.45, 2.75) is 6.92 Å². The van der Waals surface area contributed by atoms with E-state index in [4.69, 9.17) is 39.5 Å². The summed E-state index contributed by atoms with van der Waals surface area (Å²) in [5.41, 5.74) is 5.31. The number of nitrogens with one attached hydrogen (secondary N) is 2. The lowest BCUT2D eigenvalue weighted by Crippen LogP contribution is -2.18. The average molecular weight is 581 g/mol. The van der Waals surface area contributed by atoms with E-state index in [-0.39, 0.29) is 22.2 Å². The highest BCUT2D eigenvalue weighted by atomic mass is 35.5. The summed E-state index contributed by atoms with van der Waals surface area (Å²) in [7, 11) is 0. The Morgan fingerprint density at radius 3 is 2.08 bits per heavy atom. The number of esters is 1. The minimum absolute atomic E-state index is 0.130. The van der Waals surface area contributed by atoms with E-state index < -0.39 is 11.9 Å². The highest BCUT2D eigenvalue weighted by Gasteiger charge is 2.15. The minimum atomic E-state index is -0.702. The molecule has 0 saturated heterocycles. The van der Waals surface area contributed by atoms with E-state index in [1.165, 1.54) is 36.5 Å². The van der Waals surface area contributed by atoms with Gasteiger partial charge >= 0.3 is 5.97 Å². The first-order valence-electron chi connectivity index (χ1n) is 11.5. The van der Waals surface area contributed by atoms with Crippen LogP contribution in [0, 0.1) is 6.92 Å². The van der Waals surface area contributed by atoms with Crippen LogP contribution in [0.4, 0.5) is 5.69 Å². The monoisotopic (exact) mass is 579 g/mol. The molecule has 39 heavy (non-hydrogen) atoms. The van der Waals surface area contributed by atoms with Crippen LogP contribution in [0.15, 0.2) is 90.0 Å². The van der Waals surface area contributed by atoms with E-state index in [1.807, 2.05) is 19.1 Å². The van der Waals surface area contributed by atoms with Crippen LogP contribution in [0.25, 0.3) is 0 Å². The Labute approximate surface area is 239 Å². The zero-order chi connectivity index (χ0) is 27.9. The van der Waals surface area contributed by atoms with E-state index in [1.54, 1.807) is 42.5 Å². The van der Waals surface area contributed by atoms with Crippen LogP contribution in [0.2, 0.25) is 15.1 Å². The van der Waals surface area contributed by atoms with Gasteiger partial charge in [-0.25, -0.2) is 10.2 Å². The van der Waals surface area contributed by atoms with Crippen LogP contribution in [0.1, 0.15) is 42.2 Å². The Kier molecular flexibility index (Phi) is 8.99. The van der Waals surface area contributed by atoms with Gasteiger partial charge in [0, 0.05) is 32.4 Å².